The summed E-state index contributed by atoms with van der Waals surface area (Å²) in [5.41, 5.74) is 1.67. The Bertz CT molecular complexity index is 1060. The molecule has 30 heavy (non-hydrogen) atoms. The molecule has 2 amide bonds. The molecule has 0 aliphatic heterocycles. The highest BCUT2D eigenvalue weighted by molar-refractivity contribution is 7.99. The second-order valence-corrected chi connectivity index (χ2v) is 9.11. The van der Waals surface area contributed by atoms with Crippen molar-refractivity contribution in [1.29, 1.82) is 0 Å². The Morgan fingerprint density at radius 2 is 1.93 bits per heavy atom. The molecule has 0 aliphatic carbocycles. The van der Waals surface area contributed by atoms with Gasteiger partial charge in [0.15, 0.2) is 10.3 Å². The molecule has 8 nitrogen and oxygen atoms in total. The van der Waals surface area contributed by atoms with Gasteiger partial charge in [0.2, 0.25) is 5.91 Å². The standard InChI is InChI=1S/C19H21ClN6O2S2/c1-11-16(17(28)25(2)3)30-18(21-11)22-15(27)10-29-19-24-23-14(26(19)4)9-12-5-7-13(20)8-6-12/h5-8H,9-10H2,1-4H3,(H,21,22,27). The molecule has 0 fully saturated rings. The van der Waals surface area contributed by atoms with E-state index in [-0.39, 0.29) is 17.6 Å². The lowest BCUT2D eigenvalue weighted by Crippen LogP contribution is -2.21. The van der Waals surface area contributed by atoms with Gasteiger partial charge in [-0.15, -0.1) is 10.2 Å². The summed E-state index contributed by atoms with van der Waals surface area (Å²) in [4.78, 5) is 30.7. The van der Waals surface area contributed by atoms with Crippen molar-refractivity contribution in [2.75, 3.05) is 25.2 Å². The van der Waals surface area contributed by atoms with Crippen LogP contribution in [-0.2, 0) is 18.3 Å². The van der Waals surface area contributed by atoms with Crippen LogP contribution in [0.1, 0.15) is 26.8 Å². The van der Waals surface area contributed by atoms with E-state index in [1.54, 1.807) is 21.0 Å². The molecule has 0 atom stereocenters. The summed E-state index contributed by atoms with van der Waals surface area (Å²) in [6, 6.07) is 7.57. The van der Waals surface area contributed by atoms with Crippen LogP contribution in [0.2, 0.25) is 5.02 Å². The maximum Gasteiger partial charge on any atom is 0.265 e. The first-order valence-corrected chi connectivity index (χ1v) is 11.2. The quantitative estimate of drug-likeness (QED) is 0.539. The van der Waals surface area contributed by atoms with E-state index in [4.69, 9.17) is 11.6 Å². The fourth-order valence-electron chi connectivity index (χ4n) is 2.55. The molecular weight excluding hydrogens is 444 g/mol. The minimum atomic E-state index is -0.222. The van der Waals surface area contributed by atoms with Gasteiger partial charge in [0.25, 0.3) is 5.91 Å². The number of aryl methyl sites for hydroxylation is 1. The largest absolute Gasteiger partial charge is 0.344 e. The van der Waals surface area contributed by atoms with Crippen molar-refractivity contribution in [2.24, 2.45) is 7.05 Å². The first kappa shape index (κ1) is 22.3. The van der Waals surface area contributed by atoms with Gasteiger partial charge >= 0.3 is 0 Å². The Balaban J connectivity index is 1.58. The SMILES string of the molecule is Cc1nc(NC(=O)CSc2nnc(Cc3ccc(Cl)cc3)n2C)sc1C(=O)N(C)C. The van der Waals surface area contributed by atoms with Gasteiger partial charge in [0.1, 0.15) is 10.7 Å². The maximum absolute atomic E-state index is 12.3. The van der Waals surface area contributed by atoms with Crippen LogP contribution in [0.5, 0.6) is 0 Å². The number of benzene rings is 1. The van der Waals surface area contributed by atoms with Crippen LogP contribution in [0.15, 0.2) is 29.4 Å². The van der Waals surface area contributed by atoms with Crippen LogP contribution < -0.4 is 5.32 Å². The molecule has 3 aromatic rings. The molecule has 0 unspecified atom stereocenters. The van der Waals surface area contributed by atoms with Gasteiger partial charge in [0.05, 0.1) is 11.4 Å². The van der Waals surface area contributed by atoms with Crippen molar-refractivity contribution in [2.45, 2.75) is 18.5 Å². The Kier molecular flexibility index (Phi) is 7.11. The van der Waals surface area contributed by atoms with Crippen molar-refractivity contribution in [1.82, 2.24) is 24.6 Å². The number of hydrogen-bond donors (Lipinski definition) is 1. The van der Waals surface area contributed by atoms with Gasteiger partial charge in [-0.2, -0.15) is 0 Å². The fourth-order valence-corrected chi connectivity index (χ4v) is 4.41. The average molecular weight is 465 g/mol. The molecule has 2 heterocycles. The first-order valence-electron chi connectivity index (χ1n) is 8.99. The average Bonchev–Trinajstić information content (AvgIpc) is 3.23. The highest BCUT2D eigenvalue weighted by atomic mass is 35.5. The van der Waals surface area contributed by atoms with Gasteiger partial charge in [0, 0.05) is 32.6 Å². The van der Waals surface area contributed by atoms with Crippen LogP contribution in [0, 0.1) is 6.92 Å². The third-order valence-electron chi connectivity index (χ3n) is 4.18. The van der Waals surface area contributed by atoms with Gasteiger partial charge < -0.3 is 14.8 Å². The first-order chi connectivity index (χ1) is 14.2. The lowest BCUT2D eigenvalue weighted by Gasteiger charge is -2.07. The van der Waals surface area contributed by atoms with Gasteiger partial charge in [-0.3, -0.25) is 9.59 Å². The third-order valence-corrected chi connectivity index (χ3v) is 6.51. The highest BCUT2D eigenvalue weighted by Gasteiger charge is 2.18. The molecule has 0 saturated carbocycles. The molecule has 2 aromatic heterocycles. The van der Waals surface area contributed by atoms with Crippen LogP contribution in [0.3, 0.4) is 0 Å². The topological polar surface area (TPSA) is 93.0 Å². The van der Waals surface area contributed by atoms with E-state index >= 15 is 0 Å². The van der Waals surface area contributed by atoms with E-state index < -0.39 is 0 Å². The number of amides is 2. The van der Waals surface area contributed by atoms with E-state index in [0.29, 0.717) is 32.3 Å². The Morgan fingerprint density at radius 3 is 2.60 bits per heavy atom. The van der Waals surface area contributed by atoms with Crippen LogP contribution >= 0.6 is 34.7 Å². The molecule has 0 spiro atoms. The second kappa shape index (κ2) is 9.59. The number of anilines is 1. The Hall–Kier alpha value is -2.43. The maximum atomic E-state index is 12.3. The third kappa shape index (κ3) is 5.38. The minimum Gasteiger partial charge on any atom is -0.344 e. The zero-order chi connectivity index (χ0) is 21.8. The summed E-state index contributed by atoms with van der Waals surface area (Å²) in [5, 5.41) is 12.9. The number of carbonyl (C=O) groups excluding carboxylic acids is 2. The van der Waals surface area contributed by atoms with Gasteiger partial charge in [-0.1, -0.05) is 46.8 Å². The number of aromatic nitrogens is 4. The van der Waals surface area contributed by atoms with Crippen molar-refractivity contribution < 1.29 is 9.59 Å². The van der Waals surface area contributed by atoms with Gasteiger partial charge in [-0.25, -0.2) is 4.98 Å². The van der Waals surface area contributed by atoms with E-state index in [9.17, 15) is 9.59 Å². The number of thioether (sulfide) groups is 1. The van der Waals surface area contributed by atoms with E-state index in [1.165, 1.54) is 28.0 Å². The van der Waals surface area contributed by atoms with Crippen LogP contribution in [0.25, 0.3) is 0 Å². The molecule has 0 radical (unpaired) electrons. The molecule has 0 bridgehead atoms. The monoisotopic (exact) mass is 464 g/mol. The lowest BCUT2D eigenvalue weighted by molar-refractivity contribution is -0.113. The zero-order valence-electron chi connectivity index (χ0n) is 17.0. The van der Waals surface area contributed by atoms with E-state index in [0.717, 1.165) is 11.4 Å². The molecule has 0 saturated heterocycles. The number of rotatable bonds is 7. The second-order valence-electron chi connectivity index (χ2n) is 6.73. The summed E-state index contributed by atoms with van der Waals surface area (Å²) in [7, 11) is 5.23. The van der Waals surface area contributed by atoms with Crippen molar-refractivity contribution in [3.8, 4) is 0 Å². The number of thiazole rings is 1. The molecule has 11 heteroatoms. The summed E-state index contributed by atoms with van der Waals surface area (Å²) in [6.45, 7) is 1.75. The Labute approximate surface area is 187 Å². The highest BCUT2D eigenvalue weighted by Crippen LogP contribution is 2.24. The number of carbonyl (C=O) groups is 2. The summed E-state index contributed by atoms with van der Waals surface area (Å²) < 4.78 is 1.87. The number of hydrogen-bond acceptors (Lipinski definition) is 7. The van der Waals surface area contributed by atoms with E-state index in [1.807, 2.05) is 35.9 Å². The molecule has 1 N–H and O–H groups in total. The van der Waals surface area contributed by atoms with Gasteiger partial charge in [-0.05, 0) is 24.6 Å². The van der Waals surface area contributed by atoms with Crippen molar-refractivity contribution in [3.05, 3.63) is 51.2 Å². The van der Waals surface area contributed by atoms with E-state index in [2.05, 4.69) is 20.5 Å². The molecule has 1 aromatic carbocycles. The summed E-state index contributed by atoms with van der Waals surface area (Å²) in [6.07, 6.45) is 0.620. The zero-order valence-corrected chi connectivity index (χ0v) is 19.4. The summed E-state index contributed by atoms with van der Waals surface area (Å²) in [5.74, 6) is 0.595. The minimum absolute atomic E-state index is 0.132. The lowest BCUT2D eigenvalue weighted by atomic mass is 10.1. The normalized spacial score (nSPS) is 10.8. The molecule has 0 aliphatic rings. The molecule has 158 valence electrons. The number of halogens is 1. The number of nitrogens with one attached hydrogen (secondary N) is 1. The smallest absolute Gasteiger partial charge is 0.265 e. The Morgan fingerprint density at radius 1 is 1.23 bits per heavy atom. The van der Waals surface area contributed by atoms with Crippen molar-refractivity contribution in [3.63, 3.8) is 0 Å². The number of nitrogens with zero attached hydrogens (tertiary/aromatic N) is 5. The molecule has 3 rings (SSSR count). The van der Waals surface area contributed by atoms with Crippen LogP contribution in [-0.4, -0.2) is 56.3 Å². The fraction of sp³-hybridized carbons (Fsp3) is 0.316. The predicted octanol–water partition coefficient (Wildman–Crippen LogP) is 3.26. The predicted molar refractivity (Wildman–Crippen MR) is 119 cm³/mol. The van der Waals surface area contributed by atoms with Crippen LogP contribution in [0.4, 0.5) is 5.13 Å². The molecular formula is C19H21ClN6O2S2. The van der Waals surface area contributed by atoms with Crippen molar-refractivity contribution >= 4 is 51.6 Å². The summed E-state index contributed by atoms with van der Waals surface area (Å²) >= 11 is 8.38.